The number of para-hydroxylation sites is 1. The third kappa shape index (κ3) is 2.20. The van der Waals surface area contributed by atoms with Crippen LogP contribution in [0.15, 0.2) is 36.7 Å². The zero-order valence-corrected chi connectivity index (χ0v) is 12.4. The number of halogens is 1. The average Bonchev–Trinajstić information content (AvgIpc) is 3.05. The van der Waals surface area contributed by atoms with Crippen molar-refractivity contribution in [2.24, 2.45) is 0 Å². The predicted octanol–water partition coefficient (Wildman–Crippen LogP) is 3.54. The number of nitrogens with zero attached hydrogens (tertiary/aromatic N) is 4. The van der Waals surface area contributed by atoms with Crippen LogP contribution in [0.5, 0.6) is 0 Å². The molecule has 1 aromatic carbocycles. The molecule has 0 saturated carbocycles. The van der Waals surface area contributed by atoms with E-state index in [1.807, 2.05) is 29.1 Å². The summed E-state index contributed by atoms with van der Waals surface area (Å²) in [5, 5.41) is 4.27. The molecule has 0 amide bonds. The fraction of sp³-hybridized carbons (Fsp3) is 0.333. The fourth-order valence-corrected chi connectivity index (χ4v) is 2.89. The quantitative estimate of drug-likeness (QED) is 0.688. The highest BCUT2D eigenvalue weighted by Gasteiger charge is 2.17. The van der Waals surface area contributed by atoms with Gasteiger partial charge >= 0.3 is 0 Å². The van der Waals surface area contributed by atoms with Gasteiger partial charge in [0.15, 0.2) is 0 Å². The van der Waals surface area contributed by atoms with E-state index in [0.717, 1.165) is 17.9 Å². The Kier molecular flexibility index (Phi) is 3.49. The molecule has 20 heavy (non-hydrogen) atoms. The third-order valence-corrected chi connectivity index (χ3v) is 3.79. The summed E-state index contributed by atoms with van der Waals surface area (Å²) >= 11 is 6.08. The van der Waals surface area contributed by atoms with E-state index < -0.39 is 0 Å². The molecule has 3 rings (SSSR count). The number of aromatic nitrogens is 4. The van der Waals surface area contributed by atoms with Gasteiger partial charge in [0.05, 0.1) is 29.5 Å². The molecule has 0 saturated heterocycles. The van der Waals surface area contributed by atoms with Crippen LogP contribution in [0, 0.1) is 6.92 Å². The highest BCUT2D eigenvalue weighted by atomic mass is 35.5. The predicted molar refractivity (Wildman–Crippen MR) is 81.0 cm³/mol. The van der Waals surface area contributed by atoms with Gasteiger partial charge in [0.1, 0.15) is 5.82 Å². The van der Waals surface area contributed by atoms with E-state index in [1.54, 1.807) is 6.20 Å². The topological polar surface area (TPSA) is 35.6 Å². The van der Waals surface area contributed by atoms with E-state index in [1.165, 1.54) is 11.1 Å². The summed E-state index contributed by atoms with van der Waals surface area (Å²) in [6.07, 6.45) is 3.77. The summed E-state index contributed by atoms with van der Waals surface area (Å²) in [5.74, 6) is 1.33. The Labute approximate surface area is 123 Å². The second kappa shape index (κ2) is 5.29. The van der Waals surface area contributed by atoms with Crippen molar-refractivity contribution in [1.29, 1.82) is 0 Å². The van der Waals surface area contributed by atoms with Crippen molar-refractivity contribution < 1.29 is 0 Å². The van der Waals surface area contributed by atoms with Crippen LogP contribution in [0.3, 0.4) is 0 Å². The summed E-state index contributed by atoms with van der Waals surface area (Å²) in [6.45, 7) is 5.08. The second-order valence-electron chi connectivity index (χ2n) is 5.05. The third-order valence-electron chi connectivity index (χ3n) is 3.56. The lowest BCUT2D eigenvalue weighted by Gasteiger charge is -2.18. The van der Waals surface area contributed by atoms with E-state index >= 15 is 0 Å². The fourth-order valence-electron chi connectivity index (χ4n) is 2.70. The number of hydrogen-bond acceptors (Lipinski definition) is 2. The van der Waals surface area contributed by atoms with Crippen LogP contribution >= 0.6 is 11.6 Å². The molecule has 5 heteroatoms. The van der Waals surface area contributed by atoms with Crippen LogP contribution in [0.25, 0.3) is 11.0 Å². The molecule has 0 bridgehead atoms. The molecule has 0 N–H and O–H groups in total. The molecule has 1 atom stereocenters. The maximum atomic E-state index is 6.08. The average molecular weight is 289 g/mol. The molecule has 0 aliphatic rings. The van der Waals surface area contributed by atoms with Gasteiger partial charge < -0.3 is 4.57 Å². The van der Waals surface area contributed by atoms with Gasteiger partial charge in [0.25, 0.3) is 0 Å². The van der Waals surface area contributed by atoms with Crippen molar-refractivity contribution in [1.82, 2.24) is 19.3 Å². The Morgan fingerprint density at radius 2 is 2.15 bits per heavy atom. The molecule has 3 aromatic rings. The van der Waals surface area contributed by atoms with Gasteiger partial charge in [0, 0.05) is 12.4 Å². The molecular weight excluding hydrogens is 272 g/mol. The van der Waals surface area contributed by atoms with E-state index in [2.05, 4.69) is 34.6 Å². The largest absolute Gasteiger partial charge is 0.322 e. The monoisotopic (exact) mass is 288 g/mol. The molecule has 0 radical (unpaired) electrons. The van der Waals surface area contributed by atoms with Gasteiger partial charge in [0.2, 0.25) is 0 Å². The first-order valence-corrected chi connectivity index (χ1v) is 7.24. The Morgan fingerprint density at radius 3 is 2.85 bits per heavy atom. The molecule has 0 aliphatic heterocycles. The van der Waals surface area contributed by atoms with E-state index in [9.17, 15) is 0 Å². The Morgan fingerprint density at radius 1 is 1.30 bits per heavy atom. The number of rotatable bonds is 4. The lowest BCUT2D eigenvalue weighted by molar-refractivity contribution is 0.437. The number of imidazole rings is 1. The highest BCUT2D eigenvalue weighted by Crippen LogP contribution is 2.25. The van der Waals surface area contributed by atoms with Gasteiger partial charge in [-0.1, -0.05) is 12.1 Å². The van der Waals surface area contributed by atoms with Crippen LogP contribution < -0.4 is 0 Å². The number of benzene rings is 1. The maximum absolute atomic E-state index is 6.08. The van der Waals surface area contributed by atoms with Gasteiger partial charge in [-0.25, -0.2) is 4.98 Å². The van der Waals surface area contributed by atoms with Gasteiger partial charge in [-0.3, -0.25) is 4.68 Å². The lowest BCUT2D eigenvalue weighted by atomic mass is 10.2. The molecule has 0 aliphatic carbocycles. The smallest absolute Gasteiger partial charge is 0.125 e. The van der Waals surface area contributed by atoms with Crippen molar-refractivity contribution >= 4 is 22.6 Å². The molecule has 0 spiro atoms. The summed E-state index contributed by atoms with van der Waals surface area (Å²) in [5.41, 5.74) is 3.40. The minimum Gasteiger partial charge on any atom is -0.322 e. The van der Waals surface area contributed by atoms with E-state index in [0.29, 0.717) is 5.88 Å². The Bertz CT molecular complexity index is 715. The van der Waals surface area contributed by atoms with Gasteiger partial charge in [-0.15, -0.1) is 11.6 Å². The van der Waals surface area contributed by atoms with Crippen molar-refractivity contribution in [3.63, 3.8) is 0 Å². The maximum Gasteiger partial charge on any atom is 0.125 e. The van der Waals surface area contributed by atoms with Crippen LogP contribution in [-0.4, -0.2) is 19.3 Å². The normalized spacial score (nSPS) is 12.9. The zero-order chi connectivity index (χ0) is 14.1. The zero-order valence-electron chi connectivity index (χ0n) is 11.6. The standard InChI is InChI=1S/C15H17ClN4/c1-11-5-3-6-13-15(11)20(14(9-16)18-13)12(2)10-19-8-4-7-17-19/h3-8,12H,9-10H2,1-2H3. The van der Waals surface area contributed by atoms with Crippen LogP contribution in [0.4, 0.5) is 0 Å². The lowest BCUT2D eigenvalue weighted by Crippen LogP contribution is -2.15. The molecule has 104 valence electrons. The molecule has 2 aromatic heterocycles. The molecule has 2 heterocycles. The SMILES string of the molecule is Cc1cccc2nc(CCl)n(C(C)Cn3cccn3)c12. The first kappa shape index (κ1) is 13.2. The molecule has 1 unspecified atom stereocenters. The van der Waals surface area contributed by atoms with Gasteiger partial charge in [-0.2, -0.15) is 5.10 Å². The first-order chi connectivity index (χ1) is 9.70. The summed E-state index contributed by atoms with van der Waals surface area (Å²) in [6, 6.07) is 8.36. The van der Waals surface area contributed by atoms with Crippen molar-refractivity contribution in [2.45, 2.75) is 32.3 Å². The minimum absolute atomic E-state index is 0.245. The Balaban J connectivity index is 2.09. The number of fused-ring (bicyclic) bond motifs is 1. The molecular formula is C15H17ClN4. The molecule has 4 nitrogen and oxygen atoms in total. The number of aryl methyl sites for hydroxylation is 1. The minimum atomic E-state index is 0.245. The Hall–Kier alpha value is -1.81. The van der Waals surface area contributed by atoms with Crippen LogP contribution in [0.2, 0.25) is 0 Å². The number of alkyl halides is 1. The van der Waals surface area contributed by atoms with Gasteiger partial charge in [-0.05, 0) is 31.5 Å². The second-order valence-corrected chi connectivity index (χ2v) is 5.32. The van der Waals surface area contributed by atoms with Crippen molar-refractivity contribution in [3.05, 3.63) is 48.0 Å². The summed E-state index contributed by atoms with van der Waals surface area (Å²) in [4.78, 5) is 4.64. The van der Waals surface area contributed by atoms with Crippen LogP contribution in [0.1, 0.15) is 24.4 Å². The number of hydrogen-bond donors (Lipinski definition) is 0. The summed E-state index contributed by atoms with van der Waals surface area (Å²) in [7, 11) is 0. The van der Waals surface area contributed by atoms with E-state index in [-0.39, 0.29) is 6.04 Å². The van der Waals surface area contributed by atoms with Crippen molar-refractivity contribution in [2.75, 3.05) is 0 Å². The van der Waals surface area contributed by atoms with E-state index in [4.69, 9.17) is 11.6 Å². The first-order valence-electron chi connectivity index (χ1n) is 6.70. The molecule has 0 fully saturated rings. The van der Waals surface area contributed by atoms with Crippen LogP contribution in [-0.2, 0) is 12.4 Å². The van der Waals surface area contributed by atoms with Crippen molar-refractivity contribution in [3.8, 4) is 0 Å². The highest BCUT2D eigenvalue weighted by molar-refractivity contribution is 6.16. The summed E-state index contributed by atoms with van der Waals surface area (Å²) < 4.78 is 4.17.